The molecule has 1 nitrogen and oxygen atoms in total. The predicted octanol–water partition coefficient (Wildman–Crippen LogP) is 5.75. The molecule has 0 saturated carbocycles. The van der Waals surface area contributed by atoms with Gasteiger partial charge in [0.25, 0.3) is 0 Å². The van der Waals surface area contributed by atoms with Crippen molar-refractivity contribution in [3.63, 3.8) is 0 Å². The summed E-state index contributed by atoms with van der Waals surface area (Å²) >= 11 is 1.78. The van der Waals surface area contributed by atoms with Crippen LogP contribution in [0.4, 0.5) is 0 Å². The second-order valence-corrected chi connectivity index (χ2v) is 6.61. The average molecular weight is 286 g/mol. The molecule has 0 radical (unpaired) electrons. The molecule has 0 aliphatic rings. The molecule has 2 heteroatoms. The van der Waals surface area contributed by atoms with Crippen LogP contribution in [0.15, 0.2) is 58.3 Å². The standard InChI is InChI=1S/C18H22OS/c1-13(2)15-5-9-17(10-6-15)20-18-11-7-16(8-12-18)19-14(3)4/h5-14H,1-4H3. The van der Waals surface area contributed by atoms with Gasteiger partial charge in [-0.05, 0) is 61.7 Å². The Bertz CT molecular complexity index is 526. The third kappa shape index (κ3) is 4.31. The van der Waals surface area contributed by atoms with Gasteiger partial charge in [-0.3, -0.25) is 0 Å². The fourth-order valence-corrected chi connectivity index (χ4v) is 2.73. The molecule has 0 N–H and O–H groups in total. The Hall–Kier alpha value is -1.41. The van der Waals surface area contributed by atoms with Gasteiger partial charge >= 0.3 is 0 Å². The first-order valence-corrected chi connectivity index (χ1v) is 7.91. The van der Waals surface area contributed by atoms with Gasteiger partial charge in [0.1, 0.15) is 5.75 Å². The number of rotatable bonds is 5. The molecular formula is C18H22OS. The molecule has 0 atom stereocenters. The van der Waals surface area contributed by atoms with E-state index in [0.29, 0.717) is 5.92 Å². The minimum atomic E-state index is 0.220. The van der Waals surface area contributed by atoms with Gasteiger partial charge in [-0.2, -0.15) is 0 Å². The zero-order valence-corrected chi connectivity index (χ0v) is 13.4. The maximum atomic E-state index is 5.65. The molecule has 0 bridgehead atoms. The van der Waals surface area contributed by atoms with Crippen molar-refractivity contribution in [3.05, 3.63) is 54.1 Å². The largest absolute Gasteiger partial charge is 0.491 e. The lowest BCUT2D eigenvalue weighted by Gasteiger charge is -2.10. The first kappa shape index (κ1) is 15.0. The maximum Gasteiger partial charge on any atom is 0.119 e. The predicted molar refractivity (Wildman–Crippen MR) is 86.9 cm³/mol. The minimum absolute atomic E-state index is 0.220. The summed E-state index contributed by atoms with van der Waals surface area (Å²) < 4.78 is 5.65. The maximum absolute atomic E-state index is 5.65. The van der Waals surface area contributed by atoms with Crippen LogP contribution < -0.4 is 4.74 Å². The quantitative estimate of drug-likeness (QED) is 0.692. The Kier molecular flexibility index (Phi) is 5.13. The summed E-state index contributed by atoms with van der Waals surface area (Å²) in [7, 11) is 0. The number of hydrogen-bond donors (Lipinski definition) is 0. The fourth-order valence-electron chi connectivity index (χ4n) is 1.92. The summed E-state index contributed by atoms with van der Waals surface area (Å²) in [5, 5.41) is 0. The van der Waals surface area contributed by atoms with Crippen LogP contribution in [0.3, 0.4) is 0 Å². The highest BCUT2D eigenvalue weighted by Crippen LogP contribution is 2.30. The van der Waals surface area contributed by atoms with Crippen LogP contribution >= 0.6 is 11.8 Å². The van der Waals surface area contributed by atoms with Crippen LogP contribution in [0.2, 0.25) is 0 Å². The van der Waals surface area contributed by atoms with Crippen molar-refractivity contribution in [1.29, 1.82) is 0 Å². The number of ether oxygens (including phenoxy) is 1. The first-order valence-electron chi connectivity index (χ1n) is 7.09. The molecule has 0 unspecified atom stereocenters. The van der Waals surface area contributed by atoms with Gasteiger partial charge in [0.15, 0.2) is 0 Å². The SMILES string of the molecule is CC(C)Oc1ccc(Sc2ccc(C(C)C)cc2)cc1. The van der Waals surface area contributed by atoms with Crippen molar-refractivity contribution < 1.29 is 4.74 Å². The number of benzene rings is 2. The highest BCUT2D eigenvalue weighted by Gasteiger charge is 2.02. The van der Waals surface area contributed by atoms with Gasteiger partial charge in [0.05, 0.1) is 6.10 Å². The summed E-state index contributed by atoms with van der Waals surface area (Å²) in [6, 6.07) is 17.1. The second kappa shape index (κ2) is 6.85. The van der Waals surface area contributed by atoms with Crippen LogP contribution in [-0.4, -0.2) is 6.10 Å². The van der Waals surface area contributed by atoms with Crippen LogP contribution in [-0.2, 0) is 0 Å². The highest BCUT2D eigenvalue weighted by atomic mass is 32.2. The fraction of sp³-hybridized carbons (Fsp3) is 0.333. The summed E-state index contributed by atoms with van der Waals surface area (Å²) in [6.07, 6.45) is 0.220. The normalized spacial score (nSPS) is 11.1. The van der Waals surface area contributed by atoms with Gasteiger partial charge in [-0.1, -0.05) is 37.7 Å². The minimum Gasteiger partial charge on any atom is -0.491 e. The molecule has 2 rings (SSSR count). The molecular weight excluding hydrogens is 264 g/mol. The lowest BCUT2D eigenvalue weighted by atomic mass is 10.0. The highest BCUT2D eigenvalue weighted by molar-refractivity contribution is 7.99. The van der Waals surface area contributed by atoms with E-state index < -0.39 is 0 Å². The molecule has 20 heavy (non-hydrogen) atoms. The average Bonchev–Trinajstić information content (AvgIpc) is 2.41. The molecule has 0 aliphatic heterocycles. The van der Waals surface area contributed by atoms with Crippen molar-refractivity contribution in [3.8, 4) is 5.75 Å². The summed E-state index contributed by atoms with van der Waals surface area (Å²) in [5.41, 5.74) is 1.38. The molecule has 106 valence electrons. The monoisotopic (exact) mass is 286 g/mol. The smallest absolute Gasteiger partial charge is 0.119 e. The van der Waals surface area contributed by atoms with Gasteiger partial charge in [-0.25, -0.2) is 0 Å². The first-order chi connectivity index (χ1) is 9.54. The van der Waals surface area contributed by atoms with Gasteiger partial charge in [0, 0.05) is 9.79 Å². The zero-order valence-electron chi connectivity index (χ0n) is 12.6. The van der Waals surface area contributed by atoms with Gasteiger partial charge in [0.2, 0.25) is 0 Å². The number of hydrogen-bond acceptors (Lipinski definition) is 2. The third-order valence-electron chi connectivity index (χ3n) is 2.98. The molecule has 0 aliphatic carbocycles. The molecule has 0 amide bonds. The van der Waals surface area contributed by atoms with Gasteiger partial charge in [-0.15, -0.1) is 0 Å². The van der Waals surface area contributed by atoms with E-state index in [1.54, 1.807) is 11.8 Å². The Morgan fingerprint density at radius 3 is 1.70 bits per heavy atom. The van der Waals surface area contributed by atoms with E-state index in [-0.39, 0.29) is 6.10 Å². The van der Waals surface area contributed by atoms with Crippen molar-refractivity contribution in [1.82, 2.24) is 0 Å². The molecule has 0 heterocycles. The van der Waals surface area contributed by atoms with E-state index in [2.05, 4.69) is 50.2 Å². The van der Waals surface area contributed by atoms with Gasteiger partial charge < -0.3 is 4.74 Å². The molecule has 0 spiro atoms. The van der Waals surface area contributed by atoms with Crippen LogP contribution in [0, 0.1) is 0 Å². The van der Waals surface area contributed by atoms with Crippen LogP contribution in [0.25, 0.3) is 0 Å². The topological polar surface area (TPSA) is 9.23 Å². The molecule has 2 aromatic rings. The van der Waals surface area contributed by atoms with Crippen molar-refractivity contribution in [2.75, 3.05) is 0 Å². The molecule has 0 fully saturated rings. The Morgan fingerprint density at radius 1 is 0.750 bits per heavy atom. The second-order valence-electron chi connectivity index (χ2n) is 5.46. The Balaban J connectivity index is 2.02. The summed E-state index contributed by atoms with van der Waals surface area (Å²) in [5.74, 6) is 1.51. The van der Waals surface area contributed by atoms with E-state index in [4.69, 9.17) is 4.74 Å². The lowest BCUT2D eigenvalue weighted by Crippen LogP contribution is -2.04. The zero-order chi connectivity index (χ0) is 14.5. The summed E-state index contributed by atoms with van der Waals surface area (Å²) in [6.45, 7) is 8.52. The van der Waals surface area contributed by atoms with E-state index in [0.717, 1.165) is 5.75 Å². The van der Waals surface area contributed by atoms with Crippen molar-refractivity contribution in [2.24, 2.45) is 0 Å². The molecule has 0 saturated heterocycles. The van der Waals surface area contributed by atoms with Crippen LogP contribution in [0.1, 0.15) is 39.2 Å². The van der Waals surface area contributed by atoms with E-state index in [1.165, 1.54) is 15.4 Å². The van der Waals surface area contributed by atoms with E-state index >= 15 is 0 Å². The third-order valence-corrected chi connectivity index (χ3v) is 3.99. The van der Waals surface area contributed by atoms with E-state index in [1.807, 2.05) is 26.0 Å². The Morgan fingerprint density at radius 2 is 1.25 bits per heavy atom. The Labute approximate surface area is 126 Å². The van der Waals surface area contributed by atoms with Crippen molar-refractivity contribution in [2.45, 2.75) is 49.5 Å². The van der Waals surface area contributed by atoms with E-state index in [9.17, 15) is 0 Å². The van der Waals surface area contributed by atoms with Crippen LogP contribution in [0.5, 0.6) is 5.75 Å². The van der Waals surface area contributed by atoms with Crippen molar-refractivity contribution >= 4 is 11.8 Å². The lowest BCUT2D eigenvalue weighted by molar-refractivity contribution is 0.242. The molecule has 0 aromatic heterocycles. The molecule has 2 aromatic carbocycles. The summed E-state index contributed by atoms with van der Waals surface area (Å²) in [4.78, 5) is 2.50.